The maximum atomic E-state index is 9.83. The smallest absolute Gasteiger partial charge is 0.111 e. The Morgan fingerprint density at radius 3 is 2.92 bits per heavy atom. The summed E-state index contributed by atoms with van der Waals surface area (Å²) in [6, 6.07) is 9.39. The molecule has 2 unspecified atom stereocenters. The normalized spacial score (nSPS) is 27.3. The summed E-state index contributed by atoms with van der Waals surface area (Å²) in [5.41, 5.74) is 2.83. The number of benzene rings is 1. The Bertz CT molecular complexity index is 639. The molecule has 1 aliphatic heterocycles. The average molecular weight is 360 g/mol. The second-order valence-electron chi connectivity index (χ2n) is 7.66. The number of allylic oxidation sites excluding steroid dienone is 2. The van der Waals surface area contributed by atoms with E-state index in [1.165, 1.54) is 30.4 Å². The van der Waals surface area contributed by atoms with Crippen molar-refractivity contribution < 1.29 is 5.11 Å². The molecule has 1 aromatic rings. The van der Waals surface area contributed by atoms with Gasteiger partial charge in [0.15, 0.2) is 0 Å². The van der Waals surface area contributed by atoms with Gasteiger partial charge in [-0.2, -0.15) is 0 Å². The monoisotopic (exact) mass is 359 g/mol. The van der Waals surface area contributed by atoms with Gasteiger partial charge in [-0.1, -0.05) is 42.3 Å². The van der Waals surface area contributed by atoms with Crippen LogP contribution in [0.4, 0.5) is 0 Å². The Kier molecular flexibility index (Phi) is 6.24. The minimum Gasteiger partial charge on any atom is -0.508 e. The van der Waals surface area contributed by atoms with Gasteiger partial charge in [0.1, 0.15) is 5.76 Å². The maximum Gasteiger partial charge on any atom is 0.111 e. The number of hydrogen-bond donors (Lipinski definition) is 1. The zero-order chi connectivity index (χ0) is 17.7. The van der Waals surface area contributed by atoms with Crippen molar-refractivity contribution in [1.82, 2.24) is 4.90 Å². The molecule has 1 fully saturated rings. The average Bonchev–Trinajstić information content (AvgIpc) is 2.62. The lowest BCUT2D eigenvalue weighted by atomic mass is 9.68. The van der Waals surface area contributed by atoms with Crippen molar-refractivity contribution in [3.05, 3.63) is 59.4 Å². The van der Waals surface area contributed by atoms with Gasteiger partial charge in [-0.25, -0.2) is 0 Å². The molecule has 2 nitrogen and oxygen atoms in total. The molecule has 136 valence electrons. The highest BCUT2D eigenvalue weighted by molar-refractivity contribution is 6.17. The molecule has 0 aromatic heterocycles. The number of aliphatic hydroxyl groups is 1. The van der Waals surface area contributed by atoms with Gasteiger partial charge in [-0.15, -0.1) is 11.6 Å². The zero-order valence-corrected chi connectivity index (χ0v) is 16.0. The molecule has 1 aromatic carbocycles. The molecule has 1 N–H and O–H groups in total. The summed E-state index contributed by atoms with van der Waals surface area (Å²) in [5.74, 6) is 1.11. The van der Waals surface area contributed by atoms with Crippen LogP contribution < -0.4 is 0 Å². The van der Waals surface area contributed by atoms with E-state index in [0.717, 1.165) is 32.4 Å². The summed E-state index contributed by atoms with van der Waals surface area (Å²) >= 11 is 6.03. The van der Waals surface area contributed by atoms with Gasteiger partial charge < -0.3 is 5.11 Å². The third-order valence-corrected chi connectivity index (χ3v) is 6.07. The van der Waals surface area contributed by atoms with E-state index in [0.29, 0.717) is 17.7 Å². The summed E-state index contributed by atoms with van der Waals surface area (Å²) in [7, 11) is 0. The van der Waals surface area contributed by atoms with E-state index in [1.807, 2.05) is 12.2 Å². The Labute approximate surface area is 157 Å². The van der Waals surface area contributed by atoms with Crippen LogP contribution in [0.3, 0.4) is 0 Å². The molecule has 3 heteroatoms. The quantitative estimate of drug-likeness (QED) is 0.653. The predicted octanol–water partition coefficient (Wildman–Crippen LogP) is 5.76. The fourth-order valence-corrected chi connectivity index (χ4v) is 4.69. The molecular formula is C22H30ClNO. The standard InChI is InChI=1S/C22H30ClNO/c1-18-6-4-7-19(16-18)17-24-15-3-2-8-21(24)22(11-5-14-23)12-9-20(25)10-13-22/h4,6-7,9-10,12,16,21,25H,2-3,5,8,11,13-15,17H2,1H3. The third-order valence-electron chi connectivity index (χ3n) is 5.80. The number of piperidine rings is 1. The van der Waals surface area contributed by atoms with Crippen LogP contribution in [0.15, 0.2) is 48.3 Å². The lowest BCUT2D eigenvalue weighted by Crippen LogP contribution is -2.49. The van der Waals surface area contributed by atoms with E-state index in [-0.39, 0.29) is 5.41 Å². The Hall–Kier alpha value is -1.25. The molecule has 1 aliphatic carbocycles. The highest BCUT2D eigenvalue weighted by Crippen LogP contribution is 2.44. The van der Waals surface area contributed by atoms with Gasteiger partial charge in [0.25, 0.3) is 0 Å². The number of likely N-dealkylation sites (tertiary alicyclic amines) is 1. The lowest BCUT2D eigenvalue weighted by Gasteiger charge is -2.48. The van der Waals surface area contributed by atoms with Gasteiger partial charge >= 0.3 is 0 Å². The Morgan fingerprint density at radius 1 is 1.32 bits per heavy atom. The summed E-state index contributed by atoms with van der Waals surface area (Å²) in [4.78, 5) is 2.67. The fourth-order valence-electron chi connectivity index (χ4n) is 4.55. The number of alkyl halides is 1. The Balaban J connectivity index is 1.83. The number of hydrogen-bond acceptors (Lipinski definition) is 2. The molecule has 0 bridgehead atoms. The van der Waals surface area contributed by atoms with E-state index in [9.17, 15) is 5.11 Å². The van der Waals surface area contributed by atoms with Gasteiger partial charge in [0.2, 0.25) is 0 Å². The first-order valence-electron chi connectivity index (χ1n) is 9.57. The van der Waals surface area contributed by atoms with Crippen LogP contribution in [0.5, 0.6) is 0 Å². The minimum absolute atomic E-state index is 0.103. The van der Waals surface area contributed by atoms with E-state index >= 15 is 0 Å². The highest BCUT2D eigenvalue weighted by Gasteiger charge is 2.41. The van der Waals surface area contributed by atoms with E-state index < -0.39 is 0 Å². The molecule has 0 amide bonds. The molecule has 0 radical (unpaired) electrons. The van der Waals surface area contributed by atoms with Crippen LogP contribution >= 0.6 is 11.6 Å². The maximum absolute atomic E-state index is 9.83. The summed E-state index contributed by atoms with van der Waals surface area (Å²) in [5, 5.41) is 9.83. The second kappa shape index (κ2) is 8.42. The molecular weight excluding hydrogens is 330 g/mol. The number of rotatable bonds is 6. The van der Waals surface area contributed by atoms with Crippen molar-refractivity contribution in [2.75, 3.05) is 12.4 Å². The SMILES string of the molecule is Cc1cccc(CN2CCCCC2C2(CCCCl)C=CC(O)=CC2)c1. The third kappa shape index (κ3) is 4.48. The van der Waals surface area contributed by atoms with Crippen LogP contribution in [0.2, 0.25) is 0 Å². The summed E-state index contributed by atoms with van der Waals surface area (Å²) in [6.45, 7) is 4.33. The van der Waals surface area contributed by atoms with E-state index in [1.54, 1.807) is 0 Å². The molecule has 25 heavy (non-hydrogen) atoms. The first kappa shape index (κ1) is 18.5. The second-order valence-corrected chi connectivity index (χ2v) is 8.04. The molecule has 0 saturated carbocycles. The first-order valence-corrected chi connectivity index (χ1v) is 10.1. The van der Waals surface area contributed by atoms with Crippen LogP contribution in [0, 0.1) is 12.3 Å². The number of nitrogens with zero attached hydrogens (tertiary/aromatic N) is 1. The highest BCUT2D eigenvalue weighted by atomic mass is 35.5. The van der Waals surface area contributed by atoms with Crippen molar-refractivity contribution >= 4 is 11.6 Å². The summed E-state index contributed by atoms with van der Waals surface area (Å²) < 4.78 is 0. The lowest BCUT2D eigenvalue weighted by molar-refractivity contribution is 0.0477. The number of halogens is 1. The molecule has 2 atom stereocenters. The van der Waals surface area contributed by atoms with Gasteiger partial charge in [-0.3, -0.25) is 4.90 Å². The van der Waals surface area contributed by atoms with Crippen LogP contribution in [0.1, 0.15) is 49.7 Å². The van der Waals surface area contributed by atoms with Gasteiger partial charge in [0.05, 0.1) is 0 Å². The van der Waals surface area contributed by atoms with E-state index in [2.05, 4.69) is 42.2 Å². The van der Waals surface area contributed by atoms with Gasteiger partial charge in [0, 0.05) is 23.9 Å². The number of aryl methyl sites for hydroxylation is 1. The molecule has 1 saturated heterocycles. The van der Waals surface area contributed by atoms with E-state index in [4.69, 9.17) is 11.6 Å². The van der Waals surface area contributed by atoms with Crippen molar-refractivity contribution in [1.29, 1.82) is 0 Å². The van der Waals surface area contributed by atoms with Crippen LogP contribution in [-0.2, 0) is 6.54 Å². The zero-order valence-electron chi connectivity index (χ0n) is 15.3. The Morgan fingerprint density at radius 2 is 2.20 bits per heavy atom. The fraction of sp³-hybridized carbons (Fsp3) is 0.545. The van der Waals surface area contributed by atoms with Gasteiger partial charge in [-0.05, 0) is 63.3 Å². The molecule has 3 rings (SSSR count). The number of aliphatic hydroxyl groups excluding tert-OH is 1. The topological polar surface area (TPSA) is 23.5 Å². The van der Waals surface area contributed by atoms with Crippen LogP contribution in [0.25, 0.3) is 0 Å². The van der Waals surface area contributed by atoms with Crippen molar-refractivity contribution in [3.63, 3.8) is 0 Å². The predicted molar refractivity (Wildman–Crippen MR) is 106 cm³/mol. The van der Waals surface area contributed by atoms with Crippen molar-refractivity contribution in [2.24, 2.45) is 5.41 Å². The molecule has 2 aliphatic rings. The van der Waals surface area contributed by atoms with Crippen LogP contribution in [-0.4, -0.2) is 28.5 Å². The molecule has 0 spiro atoms. The molecule has 1 heterocycles. The largest absolute Gasteiger partial charge is 0.508 e. The summed E-state index contributed by atoms with van der Waals surface area (Å²) in [6.07, 6.45) is 13.0. The first-order chi connectivity index (χ1) is 12.1. The minimum atomic E-state index is 0.103. The van der Waals surface area contributed by atoms with Crippen molar-refractivity contribution in [2.45, 2.75) is 58.0 Å². The van der Waals surface area contributed by atoms with Crippen molar-refractivity contribution in [3.8, 4) is 0 Å².